The van der Waals surface area contributed by atoms with E-state index >= 15 is 0 Å². The monoisotopic (exact) mass is 192 g/mol. The Balaban J connectivity index is 2.85. The minimum atomic E-state index is -0.322. The van der Waals surface area contributed by atoms with E-state index in [1.54, 1.807) is 19.9 Å². The number of aromatic amines is 1. The first-order chi connectivity index (χ1) is 6.58. The second-order valence-corrected chi connectivity index (χ2v) is 3.29. The molecule has 2 heterocycles. The predicted octanol–water partition coefficient (Wildman–Crippen LogP) is 1.63. The quantitative estimate of drug-likeness (QED) is 0.689. The second kappa shape index (κ2) is 2.90. The Bertz CT molecular complexity index is 518. The average molecular weight is 192 g/mol. The number of rotatable bonds is 0. The zero-order valence-corrected chi connectivity index (χ0v) is 7.89. The van der Waals surface area contributed by atoms with Gasteiger partial charge in [0.25, 0.3) is 5.56 Å². The van der Waals surface area contributed by atoms with E-state index in [2.05, 4.69) is 9.97 Å². The van der Waals surface area contributed by atoms with E-state index in [9.17, 15) is 9.18 Å². The van der Waals surface area contributed by atoms with Gasteiger partial charge in [0.05, 0.1) is 0 Å². The van der Waals surface area contributed by atoms with Crippen molar-refractivity contribution in [3.8, 4) is 11.4 Å². The number of hydrogen-bond donors (Lipinski definition) is 1. The molecule has 3 nitrogen and oxygen atoms in total. The molecule has 0 saturated carbocycles. The Morgan fingerprint density at radius 1 is 1.36 bits per heavy atom. The average Bonchev–Trinajstić information content (AvgIpc) is 2.11. The lowest BCUT2D eigenvalue weighted by Crippen LogP contribution is -2.12. The largest absolute Gasteiger partial charge is 0.341 e. The minimum Gasteiger partial charge on any atom is -0.341 e. The maximum absolute atomic E-state index is 13.1. The van der Waals surface area contributed by atoms with Crippen molar-refractivity contribution in [3.05, 3.63) is 39.6 Å². The fourth-order valence-electron chi connectivity index (χ4n) is 1.31. The molecule has 0 aromatic carbocycles. The normalized spacial score (nSPS) is 10.8. The molecule has 0 atom stereocenters. The molecular formula is C10H9FN2O. The summed E-state index contributed by atoms with van der Waals surface area (Å²) in [4.78, 5) is 17.7. The summed E-state index contributed by atoms with van der Waals surface area (Å²) in [7, 11) is 0. The van der Waals surface area contributed by atoms with Gasteiger partial charge in [0.2, 0.25) is 0 Å². The standard InChI is InChI=1S/C10H9FN2O/c1-5-3-7-4-8(11)6(2)12-9(7)13-10(5)14/h3-4H,1-2H3,(H,12,13,14). The summed E-state index contributed by atoms with van der Waals surface area (Å²) < 4.78 is 13.1. The van der Waals surface area contributed by atoms with Crippen LogP contribution in [0.25, 0.3) is 11.4 Å². The molecule has 0 aromatic rings. The summed E-state index contributed by atoms with van der Waals surface area (Å²) in [6, 6.07) is 3.00. The molecule has 1 N–H and O–H groups in total. The maximum Gasteiger partial charge on any atom is 0.274 e. The number of halogens is 1. The summed E-state index contributed by atoms with van der Waals surface area (Å²) in [6.07, 6.45) is 0. The molecule has 0 saturated heterocycles. The van der Waals surface area contributed by atoms with Crippen LogP contribution in [0.5, 0.6) is 0 Å². The summed E-state index contributed by atoms with van der Waals surface area (Å²) in [5.74, 6) is 0.108. The number of nitrogens with zero attached hydrogens (tertiary/aromatic N) is 1. The van der Waals surface area contributed by atoms with E-state index in [-0.39, 0.29) is 11.4 Å². The molecular weight excluding hydrogens is 183 g/mol. The first-order valence-corrected chi connectivity index (χ1v) is 4.25. The molecule has 0 radical (unpaired) electrons. The zero-order valence-electron chi connectivity index (χ0n) is 7.89. The van der Waals surface area contributed by atoms with Gasteiger partial charge in [0.15, 0.2) is 0 Å². The van der Waals surface area contributed by atoms with Gasteiger partial charge in [-0.3, -0.25) is 4.79 Å². The third-order valence-corrected chi connectivity index (χ3v) is 2.14. The lowest BCUT2D eigenvalue weighted by molar-refractivity contribution is 0.609. The number of fused-ring (bicyclic) bond motifs is 1. The number of aromatic nitrogens is 2. The van der Waals surface area contributed by atoms with Crippen LogP contribution < -0.4 is 5.56 Å². The van der Waals surface area contributed by atoms with Crippen LogP contribution in [-0.4, -0.2) is 9.97 Å². The van der Waals surface area contributed by atoms with Crippen LogP contribution in [0.2, 0.25) is 0 Å². The first-order valence-electron chi connectivity index (χ1n) is 4.25. The summed E-state index contributed by atoms with van der Waals surface area (Å²) >= 11 is 0. The number of aryl methyl sites for hydroxylation is 2. The molecule has 0 amide bonds. The van der Waals surface area contributed by atoms with Gasteiger partial charge in [0, 0.05) is 16.8 Å². The van der Waals surface area contributed by atoms with Crippen molar-refractivity contribution >= 4 is 0 Å². The van der Waals surface area contributed by atoms with Gasteiger partial charge < -0.3 is 4.98 Å². The van der Waals surface area contributed by atoms with Crippen LogP contribution in [-0.2, 0) is 0 Å². The Hall–Kier alpha value is -1.71. The lowest BCUT2D eigenvalue weighted by atomic mass is 10.1. The highest BCUT2D eigenvalue weighted by atomic mass is 19.1. The van der Waals surface area contributed by atoms with E-state index in [4.69, 9.17) is 0 Å². The highest BCUT2D eigenvalue weighted by Crippen LogP contribution is 2.18. The van der Waals surface area contributed by atoms with Crippen molar-refractivity contribution in [2.75, 3.05) is 0 Å². The third-order valence-electron chi connectivity index (χ3n) is 2.14. The molecule has 4 heteroatoms. The van der Waals surface area contributed by atoms with E-state index in [0.717, 1.165) is 0 Å². The van der Waals surface area contributed by atoms with Gasteiger partial charge in [0.1, 0.15) is 11.6 Å². The van der Waals surface area contributed by atoms with Crippen LogP contribution >= 0.6 is 0 Å². The van der Waals surface area contributed by atoms with Crippen molar-refractivity contribution in [2.24, 2.45) is 0 Å². The van der Waals surface area contributed by atoms with Gasteiger partial charge in [-0.15, -0.1) is 0 Å². The topological polar surface area (TPSA) is 45.8 Å². The summed E-state index contributed by atoms with van der Waals surface area (Å²) in [6.45, 7) is 3.26. The molecule has 2 rings (SSSR count). The van der Waals surface area contributed by atoms with Gasteiger partial charge in [-0.1, -0.05) is 0 Å². The van der Waals surface area contributed by atoms with Gasteiger partial charge in [-0.05, 0) is 26.0 Å². The fraction of sp³-hybridized carbons (Fsp3) is 0.200. The van der Waals surface area contributed by atoms with Crippen LogP contribution in [0, 0.1) is 19.7 Å². The van der Waals surface area contributed by atoms with Crippen LogP contribution in [0.15, 0.2) is 16.9 Å². The lowest BCUT2D eigenvalue weighted by Gasteiger charge is -2.06. The molecule has 0 bridgehead atoms. The van der Waals surface area contributed by atoms with Crippen molar-refractivity contribution in [1.29, 1.82) is 0 Å². The molecule has 0 spiro atoms. The summed E-state index contributed by atoms with van der Waals surface area (Å²) in [5, 5.41) is 0. The molecule has 0 aliphatic carbocycles. The number of nitrogens with one attached hydrogen (secondary N) is 1. The molecule has 2 aliphatic rings. The van der Waals surface area contributed by atoms with Gasteiger partial charge >= 0.3 is 0 Å². The molecule has 0 unspecified atom stereocenters. The van der Waals surface area contributed by atoms with Crippen molar-refractivity contribution in [1.82, 2.24) is 9.97 Å². The number of H-pyrrole nitrogens is 1. The van der Waals surface area contributed by atoms with Crippen LogP contribution in [0.4, 0.5) is 4.39 Å². The highest BCUT2D eigenvalue weighted by molar-refractivity contribution is 5.57. The fourth-order valence-corrected chi connectivity index (χ4v) is 1.31. The minimum absolute atomic E-state index is 0.278. The Labute approximate surface area is 80.0 Å². The maximum atomic E-state index is 13.1. The molecule has 0 aromatic heterocycles. The molecule has 72 valence electrons. The SMILES string of the molecule is Cc1[nH]c2nc(=O)c(C)cc-2cc1F. The predicted molar refractivity (Wildman–Crippen MR) is 50.9 cm³/mol. The number of pyridine rings is 2. The van der Waals surface area contributed by atoms with Gasteiger partial charge in [-0.2, -0.15) is 4.98 Å². The number of hydrogen-bond acceptors (Lipinski definition) is 2. The van der Waals surface area contributed by atoms with Crippen LogP contribution in [0.1, 0.15) is 11.3 Å². The molecule has 0 fully saturated rings. The van der Waals surface area contributed by atoms with Crippen molar-refractivity contribution < 1.29 is 4.39 Å². The van der Waals surface area contributed by atoms with Crippen molar-refractivity contribution in [3.63, 3.8) is 0 Å². The van der Waals surface area contributed by atoms with E-state index in [1.165, 1.54) is 6.07 Å². The van der Waals surface area contributed by atoms with Crippen molar-refractivity contribution in [2.45, 2.75) is 13.8 Å². The Morgan fingerprint density at radius 2 is 2.07 bits per heavy atom. The van der Waals surface area contributed by atoms with E-state index in [0.29, 0.717) is 22.6 Å². The third kappa shape index (κ3) is 1.28. The van der Waals surface area contributed by atoms with Gasteiger partial charge in [-0.25, -0.2) is 4.39 Å². The first kappa shape index (κ1) is 8.87. The smallest absolute Gasteiger partial charge is 0.274 e. The Kier molecular flexibility index (Phi) is 1.84. The summed E-state index contributed by atoms with van der Waals surface area (Å²) in [5.41, 5.74) is 1.24. The second-order valence-electron chi connectivity index (χ2n) is 3.29. The van der Waals surface area contributed by atoms with E-state index in [1.807, 2.05) is 0 Å². The van der Waals surface area contributed by atoms with Crippen LogP contribution in [0.3, 0.4) is 0 Å². The highest BCUT2D eigenvalue weighted by Gasteiger charge is 2.09. The van der Waals surface area contributed by atoms with E-state index < -0.39 is 0 Å². The molecule has 14 heavy (non-hydrogen) atoms. The Morgan fingerprint density at radius 3 is 2.79 bits per heavy atom. The molecule has 2 aliphatic heterocycles. The zero-order chi connectivity index (χ0) is 10.3.